The molecule has 0 spiro atoms. The minimum Gasteiger partial charge on any atom is -0.310 e. The molecule has 0 aromatic carbocycles. The molecule has 16 heavy (non-hydrogen) atoms. The van der Waals surface area contributed by atoms with Gasteiger partial charge in [0, 0.05) is 24.8 Å². The summed E-state index contributed by atoms with van der Waals surface area (Å²) < 4.78 is 1.90. The summed E-state index contributed by atoms with van der Waals surface area (Å²) in [4.78, 5) is 0. The lowest BCUT2D eigenvalue weighted by molar-refractivity contribution is 0.544. The minimum atomic E-state index is 0.353. The molecule has 0 aliphatic rings. The second-order valence-electron chi connectivity index (χ2n) is 4.33. The first-order valence-electron chi connectivity index (χ1n) is 5.98. The standard InChI is InChI=1S/C13H23N3/c1-6-12-11(9-16(5)15-12)13(14-7-2)8-10(3)4/h9,13-14H,3,6-8H2,1-2,4-5H3. The molecule has 3 nitrogen and oxygen atoms in total. The third-order valence-corrected chi connectivity index (χ3v) is 2.65. The van der Waals surface area contributed by atoms with Gasteiger partial charge < -0.3 is 5.32 Å². The van der Waals surface area contributed by atoms with Crippen LogP contribution in [0.4, 0.5) is 0 Å². The lowest BCUT2D eigenvalue weighted by atomic mass is 10.00. The van der Waals surface area contributed by atoms with Crippen LogP contribution in [0.5, 0.6) is 0 Å². The third kappa shape index (κ3) is 3.20. The van der Waals surface area contributed by atoms with E-state index in [2.05, 4.69) is 44.0 Å². The van der Waals surface area contributed by atoms with Crippen molar-refractivity contribution in [2.24, 2.45) is 7.05 Å². The van der Waals surface area contributed by atoms with Crippen LogP contribution >= 0.6 is 0 Å². The van der Waals surface area contributed by atoms with E-state index in [1.54, 1.807) is 0 Å². The number of hydrogen-bond donors (Lipinski definition) is 1. The molecule has 0 amide bonds. The van der Waals surface area contributed by atoms with E-state index >= 15 is 0 Å². The molecule has 1 rings (SSSR count). The number of hydrogen-bond acceptors (Lipinski definition) is 2. The van der Waals surface area contributed by atoms with Crippen molar-refractivity contribution in [1.29, 1.82) is 0 Å². The monoisotopic (exact) mass is 221 g/mol. The van der Waals surface area contributed by atoms with Crippen LogP contribution in [-0.2, 0) is 13.5 Å². The van der Waals surface area contributed by atoms with Crippen LogP contribution in [0.2, 0.25) is 0 Å². The van der Waals surface area contributed by atoms with Crippen molar-refractivity contribution < 1.29 is 0 Å². The van der Waals surface area contributed by atoms with E-state index in [1.807, 2.05) is 11.7 Å². The van der Waals surface area contributed by atoms with Gasteiger partial charge in [-0.1, -0.05) is 19.4 Å². The quantitative estimate of drug-likeness (QED) is 0.748. The number of aryl methyl sites for hydroxylation is 2. The van der Waals surface area contributed by atoms with Crippen molar-refractivity contribution in [2.45, 2.75) is 39.7 Å². The summed E-state index contributed by atoms with van der Waals surface area (Å²) in [5.74, 6) is 0. The van der Waals surface area contributed by atoms with Crippen LogP contribution in [0.3, 0.4) is 0 Å². The Labute approximate surface area is 98.5 Å². The fourth-order valence-corrected chi connectivity index (χ4v) is 2.01. The van der Waals surface area contributed by atoms with Crippen molar-refractivity contribution in [2.75, 3.05) is 6.54 Å². The summed E-state index contributed by atoms with van der Waals surface area (Å²) in [6, 6.07) is 0.353. The SMILES string of the molecule is C=C(C)CC(NCC)c1cn(C)nc1CC. The Morgan fingerprint density at radius 2 is 2.25 bits per heavy atom. The number of nitrogens with zero attached hydrogens (tertiary/aromatic N) is 2. The molecule has 1 aromatic rings. The van der Waals surface area contributed by atoms with Crippen LogP contribution in [0.25, 0.3) is 0 Å². The van der Waals surface area contributed by atoms with Crippen molar-refractivity contribution in [3.05, 3.63) is 29.6 Å². The molecule has 1 heterocycles. The zero-order valence-corrected chi connectivity index (χ0v) is 10.9. The van der Waals surface area contributed by atoms with E-state index < -0.39 is 0 Å². The molecular weight excluding hydrogens is 198 g/mol. The Balaban J connectivity index is 2.94. The van der Waals surface area contributed by atoms with Gasteiger partial charge in [0.1, 0.15) is 0 Å². The minimum absolute atomic E-state index is 0.353. The summed E-state index contributed by atoms with van der Waals surface area (Å²) in [6.45, 7) is 11.3. The topological polar surface area (TPSA) is 29.9 Å². The first kappa shape index (κ1) is 13.0. The summed E-state index contributed by atoms with van der Waals surface area (Å²) in [5, 5.41) is 7.99. The fraction of sp³-hybridized carbons (Fsp3) is 0.615. The Hall–Kier alpha value is -1.09. The van der Waals surface area contributed by atoms with E-state index in [1.165, 1.54) is 16.8 Å². The first-order valence-corrected chi connectivity index (χ1v) is 5.98. The molecule has 90 valence electrons. The summed E-state index contributed by atoms with van der Waals surface area (Å²) in [7, 11) is 1.98. The van der Waals surface area contributed by atoms with E-state index in [0.717, 1.165) is 19.4 Å². The summed E-state index contributed by atoms with van der Waals surface area (Å²) >= 11 is 0. The Kier molecular flexibility index (Phi) is 4.74. The van der Waals surface area contributed by atoms with Gasteiger partial charge in [-0.25, -0.2) is 0 Å². The molecular formula is C13H23N3. The zero-order chi connectivity index (χ0) is 12.1. The predicted molar refractivity (Wildman–Crippen MR) is 68.4 cm³/mol. The summed E-state index contributed by atoms with van der Waals surface area (Å²) in [5.41, 5.74) is 3.71. The number of nitrogens with one attached hydrogen (secondary N) is 1. The molecule has 0 aliphatic heterocycles. The van der Waals surface area contributed by atoms with Gasteiger partial charge in [0.05, 0.1) is 5.69 Å². The van der Waals surface area contributed by atoms with Gasteiger partial charge >= 0.3 is 0 Å². The first-order chi connectivity index (χ1) is 7.58. The highest BCUT2D eigenvalue weighted by atomic mass is 15.3. The Morgan fingerprint density at radius 1 is 1.56 bits per heavy atom. The molecule has 1 unspecified atom stereocenters. The molecule has 0 saturated heterocycles. The molecule has 0 aliphatic carbocycles. The van der Waals surface area contributed by atoms with E-state index in [0.29, 0.717) is 6.04 Å². The van der Waals surface area contributed by atoms with Crippen LogP contribution < -0.4 is 5.32 Å². The van der Waals surface area contributed by atoms with Crippen LogP contribution in [0, 0.1) is 0 Å². The highest BCUT2D eigenvalue weighted by molar-refractivity contribution is 5.23. The number of rotatable bonds is 6. The van der Waals surface area contributed by atoms with Gasteiger partial charge in [0.25, 0.3) is 0 Å². The molecule has 1 atom stereocenters. The average Bonchev–Trinajstić information content (AvgIpc) is 2.58. The largest absolute Gasteiger partial charge is 0.310 e. The molecule has 0 fully saturated rings. The predicted octanol–water partition coefficient (Wildman–Crippen LogP) is 2.60. The fourth-order valence-electron chi connectivity index (χ4n) is 2.01. The lowest BCUT2D eigenvalue weighted by Crippen LogP contribution is -2.21. The highest BCUT2D eigenvalue weighted by Crippen LogP contribution is 2.23. The molecule has 3 heteroatoms. The van der Waals surface area contributed by atoms with Crippen LogP contribution in [-0.4, -0.2) is 16.3 Å². The lowest BCUT2D eigenvalue weighted by Gasteiger charge is -2.17. The molecule has 0 saturated carbocycles. The molecule has 0 bridgehead atoms. The maximum atomic E-state index is 4.49. The van der Waals surface area contributed by atoms with Gasteiger partial charge in [-0.3, -0.25) is 4.68 Å². The molecule has 0 radical (unpaired) electrons. The smallest absolute Gasteiger partial charge is 0.0669 e. The second-order valence-corrected chi connectivity index (χ2v) is 4.33. The molecule has 1 aromatic heterocycles. The zero-order valence-electron chi connectivity index (χ0n) is 10.9. The highest BCUT2D eigenvalue weighted by Gasteiger charge is 2.16. The van der Waals surface area contributed by atoms with Gasteiger partial charge in [-0.2, -0.15) is 5.10 Å². The van der Waals surface area contributed by atoms with Crippen molar-refractivity contribution >= 4 is 0 Å². The van der Waals surface area contributed by atoms with Crippen LogP contribution in [0.1, 0.15) is 44.5 Å². The second kappa shape index (κ2) is 5.85. The number of aromatic nitrogens is 2. The van der Waals surface area contributed by atoms with E-state index in [4.69, 9.17) is 0 Å². The van der Waals surface area contributed by atoms with Gasteiger partial charge in [-0.15, -0.1) is 6.58 Å². The Bertz CT molecular complexity index is 352. The van der Waals surface area contributed by atoms with Crippen molar-refractivity contribution in [3.63, 3.8) is 0 Å². The Morgan fingerprint density at radius 3 is 2.75 bits per heavy atom. The van der Waals surface area contributed by atoms with Gasteiger partial charge in [-0.05, 0) is 26.3 Å². The van der Waals surface area contributed by atoms with Gasteiger partial charge in [0.2, 0.25) is 0 Å². The molecule has 1 N–H and O–H groups in total. The van der Waals surface area contributed by atoms with Crippen molar-refractivity contribution in [3.8, 4) is 0 Å². The maximum absolute atomic E-state index is 4.49. The van der Waals surface area contributed by atoms with Gasteiger partial charge in [0.15, 0.2) is 0 Å². The normalized spacial score (nSPS) is 12.8. The van der Waals surface area contributed by atoms with E-state index in [9.17, 15) is 0 Å². The third-order valence-electron chi connectivity index (χ3n) is 2.65. The maximum Gasteiger partial charge on any atom is 0.0669 e. The van der Waals surface area contributed by atoms with Crippen molar-refractivity contribution in [1.82, 2.24) is 15.1 Å². The average molecular weight is 221 g/mol. The van der Waals surface area contributed by atoms with E-state index in [-0.39, 0.29) is 0 Å². The van der Waals surface area contributed by atoms with Crippen LogP contribution in [0.15, 0.2) is 18.3 Å². The summed E-state index contributed by atoms with van der Waals surface area (Å²) in [6.07, 6.45) is 4.08.